The van der Waals surface area contributed by atoms with Crippen molar-refractivity contribution in [2.75, 3.05) is 18.8 Å². The van der Waals surface area contributed by atoms with Crippen LogP contribution in [0.25, 0.3) is 11.4 Å². The summed E-state index contributed by atoms with van der Waals surface area (Å²) in [5.41, 5.74) is 7.46. The van der Waals surface area contributed by atoms with Crippen LogP contribution in [0.15, 0.2) is 52.4 Å². The van der Waals surface area contributed by atoms with E-state index in [1.807, 2.05) is 26.8 Å². The molecule has 1 amide bonds. The molecule has 1 saturated heterocycles. The first-order valence-electron chi connectivity index (χ1n) is 10.4. The highest BCUT2D eigenvalue weighted by molar-refractivity contribution is 5.88. The molecule has 9 heteroatoms. The number of hydrogen-bond acceptors (Lipinski definition) is 7. The largest absolute Gasteiger partial charge is 0.444 e. The molecule has 0 unspecified atom stereocenters. The van der Waals surface area contributed by atoms with Crippen molar-refractivity contribution in [3.05, 3.63) is 54.3 Å². The van der Waals surface area contributed by atoms with E-state index in [4.69, 9.17) is 15.0 Å². The van der Waals surface area contributed by atoms with Gasteiger partial charge in [0.2, 0.25) is 11.7 Å². The Kier molecular flexibility index (Phi) is 7.07. The molecule has 1 aliphatic heterocycles. The lowest BCUT2D eigenvalue weighted by Crippen LogP contribution is -2.41. The lowest BCUT2D eigenvalue weighted by Gasteiger charge is -2.32. The Bertz CT molecular complexity index is 1030. The van der Waals surface area contributed by atoms with Gasteiger partial charge in [-0.2, -0.15) is 4.98 Å². The monoisotopic (exact) mass is 441 g/mol. The molecule has 2 N–H and O–H groups in total. The van der Waals surface area contributed by atoms with Crippen molar-refractivity contribution in [2.24, 2.45) is 4.99 Å². The van der Waals surface area contributed by atoms with Crippen LogP contribution in [0.5, 0.6) is 0 Å². The zero-order valence-electron chi connectivity index (χ0n) is 18.5. The normalized spacial score (nSPS) is 15.6. The molecule has 2 aromatic rings. The Labute approximate surface area is 186 Å². The van der Waals surface area contributed by atoms with Gasteiger partial charge in [0.15, 0.2) is 0 Å². The van der Waals surface area contributed by atoms with Crippen molar-refractivity contribution in [2.45, 2.75) is 45.1 Å². The number of carbonyl (C=O) groups is 1. The van der Waals surface area contributed by atoms with E-state index >= 15 is 0 Å². The summed E-state index contributed by atoms with van der Waals surface area (Å²) in [6, 6.07) is 5.33. The quantitative estimate of drug-likeness (QED) is 0.404. The van der Waals surface area contributed by atoms with Crippen LogP contribution in [0.1, 0.15) is 51.0 Å². The number of aromatic nitrogens is 2. The first kappa shape index (κ1) is 23.2. The summed E-state index contributed by atoms with van der Waals surface area (Å²) in [6.45, 7) is 9.82. The van der Waals surface area contributed by atoms with Gasteiger partial charge in [0.05, 0.1) is 0 Å². The third-order valence-electron chi connectivity index (χ3n) is 4.84. The molecular formula is C23H28FN5O3. The van der Waals surface area contributed by atoms with Crippen molar-refractivity contribution >= 4 is 18.0 Å². The minimum atomic E-state index is -0.575. The lowest BCUT2D eigenvalue weighted by molar-refractivity contribution is 0.0198. The maximum absolute atomic E-state index is 12.6. The molecule has 2 heterocycles. The van der Waals surface area contributed by atoms with E-state index in [2.05, 4.69) is 21.7 Å². The van der Waals surface area contributed by atoms with Crippen LogP contribution in [0, 0.1) is 0 Å². The fourth-order valence-corrected chi connectivity index (χ4v) is 3.23. The van der Waals surface area contributed by atoms with E-state index in [1.165, 1.54) is 12.4 Å². The van der Waals surface area contributed by atoms with E-state index in [0.29, 0.717) is 41.6 Å². The molecule has 1 aromatic heterocycles. The van der Waals surface area contributed by atoms with Gasteiger partial charge < -0.3 is 19.9 Å². The van der Waals surface area contributed by atoms with E-state index in [9.17, 15) is 9.18 Å². The van der Waals surface area contributed by atoms with E-state index < -0.39 is 11.4 Å². The fraction of sp³-hybridized carbons (Fsp3) is 0.391. The van der Waals surface area contributed by atoms with Gasteiger partial charge in [0, 0.05) is 48.2 Å². The molecular weight excluding hydrogens is 413 g/mol. The number of carbonyl (C=O) groups excluding carboxylic acids is 1. The number of halogens is 1. The van der Waals surface area contributed by atoms with Gasteiger partial charge in [-0.25, -0.2) is 9.18 Å². The third kappa shape index (κ3) is 6.26. The molecule has 0 radical (unpaired) electrons. The molecule has 1 aromatic carbocycles. The zero-order chi connectivity index (χ0) is 23.3. The maximum Gasteiger partial charge on any atom is 0.410 e. The fourth-order valence-electron chi connectivity index (χ4n) is 3.23. The van der Waals surface area contributed by atoms with Gasteiger partial charge >= 0.3 is 6.09 Å². The highest BCUT2D eigenvalue weighted by Gasteiger charge is 2.30. The SMILES string of the molecule is C=C(F)/C=C/N=Cc1ccc(-c2noc(C3CCN(C(=O)OC(C)(C)C)CC3)n2)cc1N. The van der Waals surface area contributed by atoms with Gasteiger partial charge in [-0.05, 0) is 45.8 Å². The molecule has 170 valence electrons. The Morgan fingerprint density at radius 3 is 2.72 bits per heavy atom. The Morgan fingerprint density at radius 2 is 2.09 bits per heavy atom. The number of allylic oxidation sites excluding steroid dienone is 2. The van der Waals surface area contributed by atoms with Gasteiger partial charge in [-0.1, -0.05) is 23.9 Å². The number of anilines is 1. The summed E-state index contributed by atoms with van der Waals surface area (Å²) in [5.74, 6) is 0.493. The highest BCUT2D eigenvalue weighted by atomic mass is 19.1. The van der Waals surface area contributed by atoms with E-state index in [0.717, 1.165) is 18.9 Å². The van der Waals surface area contributed by atoms with Gasteiger partial charge in [0.25, 0.3) is 0 Å². The van der Waals surface area contributed by atoms with Crippen LogP contribution in [0.2, 0.25) is 0 Å². The van der Waals surface area contributed by atoms with Crippen LogP contribution in [-0.2, 0) is 4.74 Å². The summed E-state index contributed by atoms with van der Waals surface area (Å²) in [7, 11) is 0. The summed E-state index contributed by atoms with van der Waals surface area (Å²) >= 11 is 0. The Balaban J connectivity index is 1.62. The number of likely N-dealkylation sites (tertiary alicyclic amines) is 1. The number of aliphatic imine (C=N–C) groups is 1. The predicted molar refractivity (Wildman–Crippen MR) is 121 cm³/mol. The van der Waals surface area contributed by atoms with Gasteiger partial charge in [-0.15, -0.1) is 0 Å². The second-order valence-electron chi connectivity index (χ2n) is 8.58. The number of nitrogen functional groups attached to an aromatic ring is 1. The Morgan fingerprint density at radius 1 is 1.38 bits per heavy atom. The standard InChI is InChI=1S/C23H28FN5O3/c1-15(24)7-10-26-14-18-6-5-17(13-19(18)25)20-27-21(32-28-20)16-8-11-29(12-9-16)22(30)31-23(2,3)4/h5-7,10,13-14,16H,1,8-9,11-12,25H2,2-4H3/b10-7+,26-14?. The molecule has 1 fully saturated rings. The average Bonchev–Trinajstić information content (AvgIpc) is 3.21. The second-order valence-corrected chi connectivity index (χ2v) is 8.58. The van der Waals surface area contributed by atoms with E-state index in [1.54, 1.807) is 17.0 Å². The van der Waals surface area contributed by atoms with Crippen LogP contribution in [0.3, 0.4) is 0 Å². The molecule has 0 aliphatic carbocycles. The van der Waals surface area contributed by atoms with Crippen molar-refractivity contribution in [1.29, 1.82) is 0 Å². The van der Waals surface area contributed by atoms with Crippen LogP contribution in [0.4, 0.5) is 14.9 Å². The second kappa shape index (κ2) is 9.76. The van der Waals surface area contributed by atoms with Crippen molar-refractivity contribution in [3.8, 4) is 11.4 Å². The number of nitrogens with two attached hydrogens (primary N) is 1. The first-order chi connectivity index (χ1) is 15.1. The Hall–Kier alpha value is -3.49. The van der Waals surface area contributed by atoms with Crippen LogP contribution >= 0.6 is 0 Å². The molecule has 0 saturated carbocycles. The molecule has 32 heavy (non-hydrogen) atoms. The zero-order valence-corrected chi connectivity index (χ0v) is 18.5. The van der Waals surface area contributed by atoms with Crippen molar-refractivity contribution in [1.82, 2.24) is 15.0 Å². The van der Waals surface area contributed by atoms with Crippen LogP contribution in [-0.4, -0.2) is 46.0 Å². The number of ether oxygens (including phenoxy) is 1. The van der Waals surface area contributed by atoms with Gasteiger partial charge in [0.1, 0.15) is 11.4 Å². The number of piperidine rings is 1. The highest BCUT2D eigenvalue weighted by Crippen LogP contribution is 2.30. The summed E-state index contributed by atoms with van der Waals surface area (Å²) in [6.07, 6.45) is 5.12. The van der Waals surface area contributed by atoms with Gasteiger partial charge in [-0.3, -0.25) is 4.99 Å². The molecule has 8 nitrogen and oxygen atoms in total. The minimum absolute atomic E-state index is 0.0794. The number of amides is 1. The lowest BCUT2D eigenvalue weighted by atomic mass is 9.97. The van der Waals surface area contributed by atoms with E-state index in [-0.39, 0.29) is 12.0 Å². The molecule has 0 spiro atoms. The number of rotatable bonds is 5. The number of benzene rings is 1. The molecule has 0 bridgehead atoms. The third-order valence-corrected chi connectivity index (χ3v) is 4.84. The smallest absolute Gasteiger partial charge is 0.410 e. The summed E-state index contributed by atoms with van der Waals surface area (Å²) in [4.78, 5) is 22.4. The molecule has 0 atom stereocenters. The topological polar surface area (TPSA) is 107 Å². The summed E-state index contributed by atoms with van der Waals surface area (Å²) in [5, 5.41) is 4.09. The van der Waals surface area contributed by atoms with Crippen LogP contribution < -0.4 is 5.73 Å². The predicted octanol–water partition coefficient (Wildman–Crippen LogP) is 4.85. The number of nitrogens with zero attached hydrogens (tertiary/aromatic N) is 4. The minimum Gasteiger partial charge on any atom is -0.444 e. The molecule has 3 rings (SSSR count). The van der Waals surface area contributed by atoms with Crippen molar-refractivity contribution in [3.63, 3.8) is 0 Å². The first-order valence-corrected chi connectivity index (χ1v) is 10.4. The maximum atomic E-state index is 12.6. The summed E-state index contributed by atoms with van der Waals surface area (Å²) < 4.78 is 23.5. The molecule has 1 aliphatic rings. The van der Waals surface area contributed by atoms with Crippen molar-refractivity contribution < 1.29 is 18.4 Å². The average molecular weight is 442 g/mol. The number of hydrogen-bond donors (Lipinski definition) is 1.